The fraction of sp³-hybridized carbons (Fsp3) is 0.250. The van der Waals surface area contributed by atoms with Crippen LogP contribution in [0.5, 0.6) is 17.2 Å². The first kappa shape index (κ1) is 14.1. The van der Waals surface area contributed by atoms with Crippen molar-refractivity contribution in [3.05, 3.63) is 48.0 Å². The van der Waals surface area contributed by atoms with Crippen molar-refractivity contribution in [2.24, 2.45) is 0 Å². The number of nitrogens with one attached hydrogen (secondary N) is 1. The van der Waals surface area contributed by atoms with Crippen molar-refractivity contribution < 1.29 is 14.9 Å². The smallest absolute Gasteiger partial charge is 0.142 e. The average Bonchev–Trinajstić information content (AvgIpc) is 2.41. The maximum atomic E-state index is 9.88. The van der Waals surface area contributed by atoms with Gasteiger partial charge < -0.3 is 20.3 Å². The van der Waals surface area contributed by atoms with E-state index in [4.69, 9.17) is 4.74 Å². The highest BCUT2D eigenvalue weighted by molar-refractivity contribution is 5.58. The van der Waals surface area contributed by atoms with E-state index in [1.54, 1.807) is 12.1 Å². The molecule has 2 aromatic rings. The van der Waals surface area contributed by atoms with E-state index in [0.717, 1.165) is 11.4 Å². The van der Waals surface area contributed by atoms with Gasteiger partial charge in [0.1, 0.15) is 17.2 Å². The number of para-hydroxylation sites is 2. The van der Waals surface area contributed by atoms with Crippen molar-refractivity contribution in [3.8, 4) is 17.2 Å². The summed E-state index contributed by atoms with van der Waals surface area (Å²) in [7, 11) is 0. The van der Waals surface area contributed by atoms with E-state index in [0.29, 0.717) is 12.2 Å². The minimum atomic E-state index is -0.114. The van der Waals surface area contributed by atoms with Gasteiger partial charge in [0.2, 0.25) is 0 Å². The van der Waals surface area contributed by atoms with Crippen molar-refractivity contribution >= 4 is 5.69 Å². The maximum absolute atomic E-state index is 9.88. The number of aromatic hydroxyl groups is 2. The molecule has 0 aliphatic carbocycles. The Bertz CT molecular complexity index is 584. The van der Waals surface area contributed by atoms with Gasteiger partial charge in [-0.3, -0.25) is 0 Å². The third kappa shape index (κ3) is 3.15. The lowest BCUT2D eigenvalue weighted by Gasteiger charge is -2.19. The highest BCUT2D eigenvalue weighted by Crippen LogP contribution is 2.32. The van der Waals surface area contributed by atoms with Gasteiger partial charge in [0.15, 0.2) is 0 Å². The van der Waals surface area contributed by atoms with Gasteiger partial charge in [-0.25, -0.2) is 0 Å². The molecule has 20 heavy (non-hydrogen) atoms. The van der Waals surface area contributed by atoms with Crippen LogP contribution in [0.3, 0.4) is 0 Å². The lowest BCUT2D eigenvalue weighted by Crippen LogP contribution is -2.08. The SMILES string of the molecule is CCOc1ccccc1NC(C)c1ccc(O)cc1O. The number of phenols is 2. The van der Waals surface area contributed by atoms with Crippen molar-refractivity contribution in [2.75, 3.05) is 11.9 Å². The van der Waals surface area contributed by atoms with Gasteiger partial charge in [-0.05, 0) is 38.1 Å². The summed E-state index contributed by atoms with van der Waals surface area (Å²) < 4.78 is 5.56. The van der Waals surface area contributed by atoms with Crippen LogP contribution in [0, 0.1) is 0 Å². The van der Waals surface area contributed by atoms with E-state index in [2.05, 4.69) is 5.32 Å². The van der Waals surface area contributed by atoms with Crippen LogP contribution in [-0.4, -0.2) is 16.8 Å². The molecule has 0 aliphatic heterocycles. The van der Waals surface area contributed by atoms with Gasteiger partial charge >= 0.3 is 0 Å². The molecular formula is C16H19NO3. The van der Waals surface area contributed by atoms with Gasteiger partial charge in [0.25, 0.3) is 0 Å². The monoisotopic (exact) mass is 273 g/mol. The maximum Gasteiger partial charge on any atom is 0.142 e. The lowest BCUT2D eigenvalue weighted by molar-refractivity contribution is 0.341. The highest BCUT2D eigenvalue weighted by atomic mass is 16.5. The summed E-state index contributed by atoms with van der Waals surface area (Å²) in [6, 6.07) is 12.1. The number of hydrogen-bond acceptors (Lipinski definition) is 4. The number of hydrogen-bond donors (Lipinski definition) is 3. The number of rotatable bonds is 5. The first-order valence-electron chi connectivity index (χ1n) is 6.62. The molecule has 0 saturated carbocycles. The first-order chi connectivity index (χ1) is 9.61. The highest BCUT2D eigenvalue weighted by Gasteiger charge is 2.12. The molecular weight excluding hydrogens is 254 g/mol. The molecule has 0 heterocycles. The van der Waals surface area contributed by atoms with E-state index in [1.807, 2.05) is 38.1 Å². The molecule has 0 saturated heterocycles. The van der Waals surface area contributed by atoms with Crippen LogP contribution in [0.2, 0.25) is 0 Å². The van der Waals surface area contributed by atoms with E-state index >= 15 is 0 Å². The molecule has 0 fully saturated rings. The molecule has 1 unspecified atom stereocenters. The Balaban J connectivity index is 2.21. The molecule has 0 radical (unpaired) electrons. The number of anilines is 1. The first-order valence-corrected chi connectivity index (χ1v) is 6.62. The van der Waals surface area contributed by atoms with Crippen molar-refractivity contribution in [1.29, 1.82) is 0 Å². The second-order valence-corrected chi connectivity index (χ2v) is 4.54. The minimum absolute atomic E-state index is 0.0492. The van der Waals surface area contributed by atoms with Crippen LogP contribution in [0.15, 0.2) is 42.5 Å². The van der Waals surface area contributed by atoms with E-state index < -0.39 is 0 Å². The Morgan fingerprint density at radius 1 is 1.15 bits per heavy atom. The summed E-state index contributed by atoms with van der Waals surface area (Å²) >= 11 is 0. The fourth-order valence-electron chi connectivity index (χ4n) is 2.08. The zero-order chi connectivity index (χ0) is 14.5. The number of ether oxygens (including phenoxy) is 1. The Hall–Kier alpha value is -2.36. The second-order valence-electron chi connectivity index (χ2n) is 4.54. The van der Waals surface area contributed by atoms with Crippen molar-refractivity contribution in [2.45, 2.75) is 19.9 Å². The minimum Gasteiger partial charge on any atom is -0.508 e. The summed E-state index contributed by atoms with van der Waals surface area (Å²) in [4.78, 5) is 0. The summed E-state index contributed by atoms with van der Waals surface area (Å²) in [5.74, 6) is 0.896. The van der Waals surface area contributed by atoms with Crippen LogP contribution < -0.4 is 10.1 Å². The Labute approximate surface area is 118 Å². The van der Waals surface area contributed by atoms with Gasteiger partial charge in [-0.2, -0.15) is 0 Å². The average molecular weight is 273 g/mol. The standard InChI is InChI=1S/C16H19NO3/c1-3-20-16-7-5-4-6-14(16)17-11(2)13-9-8-12(18)10-15(13)19/h4-11,17-19H,3H2,1-2H3. The third-order valence-electron chi connectivity index (χ3n) is 3.04. The molecule has 0 aliphatic rings. The van der Waals surface area contributed by atoms with E-state index in [1.165, 1.54) is 6.07 Å². The Kier molecular flexibility index (Phi) is 4.35. The van der Waals surface area contributed by atoms with Crippen LogP contribution in [0.25, 0.3) is 0 Å². The van der Waals surface area contributed by atoms with Crippen LogP contribution >= 0.6 is 0 Å². The largest absolute Gasteiger partial charge is 0.508 e. The van der Waals surface area contributed by atoms with Gasteiger partial charge in [0, 0.05) is 11.6 Å². The van der Waals surface area contributed by atoms with Gasteiger partial charge in [0.05, 0.1) is 18.3 Å². The third-order valence-corrected chi connectivity index (χ3v) is 3.04. The van der Waals surface area contributed by atoms with Crippen molar-refractivity contribution in [1.82, 2.24) is 0 Å². The summed E-state index contributed by atoms with van der Waals surface area (Å²) in [6.07, 6.45) is 0. The molecule has 0 spiro atoms. The molecule has 106 valence electrons. The topological polar surface area (TPSA) is 61.7 Å². The molecule has 4 nitrogen and oxygen atoms in total. The summed E-state index contributed by atoms with van der Waals surface area (Å²) in [5, 5.41) is 22.5. The molecule has 0 amide bonds. The normalized spacial score (nSPS) is 11.9. The van der Waals surface area contributed by atoms with Gasteiger partial charge in [-0.1, -0.05) is 12.1 Å². The Morgan fingerprint density at radius 3 is 2.60 bits per heavy atom. The van der Waals surface area contributed by atoms with E-state index in [9.17, 15) is 10.2 Å². The number of phenolic OH excluding ortho intramolecular Hbond substituents is 2. The molecule has 2 aromatic carbocycles. The van der Waals surface area contributed by atoms with Crippen molar-refractivity contribution in [3.63, 3.8) is 0 Å². The Morgan fingerprint density at radius 2 is 1.90 bits per heavy atom. The lowest BCUT2D eigenvalue weighted by atomic mass is 10.1. The van der Waals surface area contributed by atoms with Crippen LogP contribution in [0.1, 0.15) is 25.5 Å². The zero-order valence-corrected chi connectivity index (χ0v) is 11.6. The predicted octanol–water partition coefficient (Wildman–Crippen LogP) is 3.67. The molecule has 0 aromatic heterocycles. The van der Waals surface area contributed by atoms with Crippen LogP contribution in [-0.2, 0) is 0 Å². The second kappa shape index (κ2) is 6.19. The molecule has 1 atom stereocenters. The van der Waals surface area contributed by atoms with E-state index in [-0.39, 0.29) is 17.5 Å². The predicted molar refractivity (Wildman–Crippen MR) is 79.4 cm³/mol. The number of benzene rings is 2. The fourth-order valence-corrected chi connectivity index (χ4v) is 2.08. The summed E-state index contributed by atoms with van der Waals surface area (Å²) in [5.41, 5.74) is 1.59. The van der Waals surface area contributed by atoms with Gasteiger partial charge in [-0.15, -0.1) is 0 Å². The molecule has 0 bridgehead atoms. The quantitative estimate of drug-likeness (QED) is 0.778. The molecule has 4 heteroatoms. The van der Waals surface area contributed by atoms with Crippen LogP contribution in [0.4, 0.5) is 5.69 Å². The zero-order valence-electron chi connectivity index (χ0n) is 11.6. The molecule has 2 rings (SSSR count). The molecule has 3 N–H and O–H groups in total. The summed E-state index contributed by atoms with van der Waals surface area (Å²) in [6.45, 7) is 4.47.